The van der Waals surface area contributed by atoms with Crippen molar-refractivity contribution in [1.82, 2.24) is 0 Å². The highest BCUT2D eigenvalue weighted by Gasteiger charge is 2.07. The van der Waals surface area contributed by atoms with E-state index < -0.39 is 0 Å². The van der Waals surface area contributed by atoms with Crippen LogP contribution in [0.25, 0.3) is 0 Å². The first-order chi connectivity index (χ1) is 8.58. The fraction of sp³-hybridized carbons (Fsp3) is 0.200. The zero-order valence-corrected chi connectivity index (χ0v) is 12.2. The monoisotopic (exact) mass is 304 g/mol. The molecular weight excluding hydrogens is 288 g/mol. The molecule has 0 saturated carbocycles. The van der Waals surface area contributed by atoms with Crippen molar-refractivity contribution >= 4 is 27.3 Å². The molecule has 0 fully saturated rings. The molecule has 18 heavy (non-hydrogen) atoms. The van der Waals surface area contributed by atoms with Gasteiger partial charge in [0, 0.05) is 29.4 Å². The van der Waals surface area contributed by atoms with Crippen molar-refractivity contribution in [3.63, 3.8) is 0 Å². The molecule has 2 rings (SSSR count). The fourth-order valence-corrected chi connectivity index (χ4v) is 2.42. The summed E-state index contributed by atoms with van der Waals surface area (Å²) in [6.45, 7) is 2.93. The van der Waals surface area contributed by atoms with Crippen LogP contribution in [0.4, 0.5) is 11.4 Å². The van der Waals surface area contributed by atoms with E-state index in [1.54, 1.807) is 0 Å². The van der Waals surface area contributed by atoms with E-state index in [4.69, 9.17) is 5.73 Å². The van der Waals surface area contributed by atoms with E-state index in [1.165, 1.54) is 11.3 Å². The maximum Gasteiger partial charge on any atom is 0.0446 e. The lowest BCUT2D eigenvalue weighted by Crippen LogP contribution is -2.18. The molecule has 0 spiro atoms. The lowest BCUT2D eigenvalue weighted by Gasteiger charge is -2.22. The van der Waals surface area contributed by atoms with Crippen molar-refractivity contribution in [2.45, 2.75) is 13.5 Å². The van der Waals surface area contributed by atoms with E-state index in [2.05, 4.69) is 65.1 Å². The second-order valence-electron chi connectivity index (χ2n) is 4.49. The van der Waals surface area contributed by atoms with Gasteiger partial charge in [-0.1, -0.05) is 40.2 Å². The molecule has 0 bridgehead atoms. The summed E-state index contributed by atoms with van der Waals surface area (Å²) >= 11 is 3.43. The van der Waals surface area contributed by atoms with Gasteiger partial charge in [-0.3, -0.25) is 0 Å². The highest BCUT2D eigenvalue weighted by molar-refractivity contribution is 9.10. The third-order valence-electron chi connectivity index (χ3n) is 3.04. The Morgan fingerprint density at radius 2 is 1.89 bits per heavy atom. The minimum absolute atomic E-state index is 0.809. The van der Waals surface area contributed by atoms with Gasteiger partial charge in [0.25, 0.3) is 0 Å². The zero-order chi connectivity index (χ0) is 13.1. The Kier molecular flexibility index (Phi) is 3.92. The number of rotatable bonds is 3. The van der Waals surface area contributed by atoms with Crippen molar-refractivity contribution in [1.29, 1.82) is 0 Å². The van der Waals surface area contributed by atoms with Crippen LogP contribution in [0.2, 0.25) is 0 Å². The van der Waals surface area contributed by atoms with E-state index in [0.717, 1.165) is 22.3 Å². The second-order valence-corrected chi connectivity index (χ2v) is 5.40. The second kappa shape index (κ2) is 5.44. The average molecular weight is 305 g/mol. The molecule has 2 N–H and O–H groups in total. The Hall–Kier alpha value is -1.48. The molecule has 94 valence electrons. The number of aryl methyl sites for hydroxylation is 1. The largest absolute Gasteiger partial charge is 0.398 e. The molecule has 0 aliphatic carbocycles. The average Bonchev–Trinajstić information content (AvgIpc) is 2.33. The first-order valence-corrected chi connectivity index (χ1v) is 6.68. The third-order valence-corrected chi connectivity index (χ3v) is 3.54. The zero-order valence-electron chi connectivity index (χ0n) is 10.7. The van der Waals surface area contributed by atoms with E-state index in [-0.39, 0.29) is 0 Å². The molecule has 0 saturated heterocycles. The standard InChI is InChI=1S/C15H17BrN2/c1-11-5-3-4-6-15(11)18(2)10-12-7-8-13(16)9-14(12)17/h3-9H,10,17H2,1-2H3. The lowest BCUT2D eigenvalue weighted by atomic mass is 10.1. The van der Waals surface area contributed by atoms with Gasteiger partial charge in [-0.2, -0.15) is 0 Å². The van der Waals surface area contributed by atoms with E-state index in [1.807, 2.05) is 12.1 Å². The smallest absolute Gasteiger partial charge is 0.0446 e. The molecular formula is C15H17BrN2. The van der Waals surface area contributed by atoms with Crippen molar-refractivity contribution < 1.29 is 0 Å². The van der Waals surface area contributed by atoms with Crippen LogP contribution in [0.5, 0.6) is 0 Å². The van der Waals surface area contributed by atoms with Gasteiger partial charge in [-0.25, -0.2) is 0 Å². The van der Waals surface area contributed by atoms with E-state index in [0.29, 0.717) is 0 Å². The van der Waals surface area contributed by atoms with Gasteiger partial charge in [0.05, 0.1) is 0 Å². The number of nitrogen functional groups attached to an aromatic ring is 1. The summed E-state index contributed by atoms with van der Waals surface area (Å²) in [6.07, 6.45) is 0. The summed E-state index contributed by atoms with van der Waals surface area (Å²) in [6, 6.07) is 14.4. The Bertz CT molecular complexity index is 552. The molecule has 2 aromatic rings. The highest BCUT2D eigenvalue weighted by Crippen LogP contribution is 2.24. The van der Waals surface area contributed by atoms with Crippen molar-refractivity contribution in [3.05, 3.63) is 58.1 Å². The molecule has 3 heteroatoms. The molecule has 0 aliphatic rings. The number of nitrogens with two attached hydrogens (primary N) is 1. The van der Waals surface area contributed by atoms with Gasteiger partial charge in [-0.05, 0) is 36.2 Å². The minimum atomic E-state index is 0.809. The van der Waals surface area contributed by atoms with Crippen molar-refractivity contribution in [3.8, 4) is 0 Å². The molecule has 0 amide bonds. The Morgan fingerprint density at radius 1 is 1.17 bits per heavy atom. The molecule has 0 aromatic heterocycles. The number of hydrogen-bond acceptors (Lipinski definition) is 2. The lowest BCUT2D eigenvalue weighted by molar-refractivity contribution is 0.919. The van der Waals surface area contributed by atoms with Gasteiger partial charge < -0.3 is 10.6 Å². The van der Waals surface area contributed by atoms with E-state index in [9.17, 15) is 0 Å². The van der Waals surface area contributed by atoms with Crippen molar-refractivity contribution in [2.24, 2.45) is 0 Å². The molecule has 2 nitrogen and oxygen atoms in total. The normalized spacial score (nSPS) is 10.4. The van der Waals surface area contributed by atoms with E-state index >= 15 is 0 Å². The summed E-state index contributed by atoms with van der Waals surface area (Å²) in [7, 11) is 2.09. The molecule has 0 unspecified atom stereocenters. The maximum atomic E-state index is 6.03. The molecule has 0 atom stereocenters. The number of nitrogens with zero attached hydrogens (tertiary/aromatic N) is 1. The third kappa shape index (κ3) is 2.85. The fourth-order valence-electron chi connectivity index (χ4n) is 2.04. The van der Waals surface area contributed by atoms with Crippen LogP contribution >= 0.6 is 15.9 Å². The van der Waals surface area contributed by atoms with Gasteiger partial charge in [-0.15, -0.1) is 0 Å². The highest BCUT2D eigenvalue weighted by atomic mass is 79.9. The molecule has 0 heterocycles. The van der Waals surface area contributed by atoms with Crippen LogP contribution in [0.3, 0.4) is 0 Å². The van der Waals surface area contributed by atoms with Crippen LogP contribution in [0.15, 0.2) is 46.9 Å². The molecule has 0 aliphatic heterocycles. The minimum Gasteiger partial charge on any atom is -0.398 e. The van der Waals surface area contributed by atoms with Crippen LogP contribution in [-0.4, -0.2) is 7.05 Å². The summed E-state index contributed by atoms with van der Waals surface area (Å²) < 4.78 is 1.02. The number of halogens is 1. The topological polar surface area (TPSA) is 29.3 Å². The number of benzene rings is 2. The Morgan fingerprint density at radius 3 is 2.56 bits per heavy atom. The van der Waals surface area contributed by atoms with Gasteiger partial charge in [0.15, 0.2) is 0 Å². The van der Waals surface area contributed by atoms with Gasteiger partial charge in [0.2, 0.25) is 0 Å². The SMILES string of the molecule is Cc1ccccc1N(C)Cc1ccc(Br)cc1N. The summed E-state index contributed by atoms with van der Waals surface area (Å²) in [4.78, 5) is 2.22. The van der Waals surface area contributed by atoms with Gasteiger partial charge >= 0.3 is 0 Å². The predicted molar refractivity (Wildman–Crippen MR) is 81.8 cm³/mol. The summed E-state index contributed by atoms with van der Waals surface area (Å²) in [5, 5.41) is 0. The van der Waals surface area contributed by atoms with Crippen LogP contribution in [0.1, 0.15) is 11.1 Å². The first kappa shape index (κ1) is 13.0. The summed E-state index contributed by atoms with van der Waals surface area (Å²) in [5.41, 5.74) is 10.5. The maximum absolute atomic E-state index is 6.03. The number of hydrogen-bond donors (Lipinski definition) is 1. The van der Waals surface area contributed by atoms with Crippen LogP contribution in [-0.2, 0) is 6.54 Å². The predicted octanol–water partition coefficient (Wildman–Crippen LogP) is 3.98. The number of anilines is 2. The Labute approximate surface area is 117 Å². The quantitative estimate of drug-likeness (QED) is 0.869. The number of para-hydroxylation sites is 1. The summed E-state index contributed by atoms with van der Waals surface area (Å²) in [5.74, 6) is 0. The first-order valence-electron chi connectivity index (χ1n) is 5.88. The molecule has 2 aromatic carbocycles. The van der Waals surface area contributed by atoms with Gasteiger partial charge in [0.1, 0.15) is 0 Å². The molecule has 0 radical (unpaired) electrons. The Balaban J connectivity index is 2.21. The van der Waals surface area contributed by atoms with Crippen LogP contribution < -0.4 is 10.6 Å². The van der Waals surface area contributed by atoms with Crippen LogP contribution in [0, 0.1) is 6.92 Å². The van der Waals surface area contributed by atoms with Crippen molar-refractivity contribution in [2.75, 3.05) is 17.7 Å².